The zero-order valence-electron chi connectivity index (χ0n) is 14.5. The van der Waals surface area contributed by atoms with Gasteiger partial charge in [0, 0.05) is 27.2 Å². The van der Waals surface area contributed by atoms with Crippen molar-refractivity contribution in [1.82, 2.24) is 4.72 Å². The Balaban J connectivity index is 3.10. The molecule has 0 aliphatic carbocycles. The van der Waals surface area contributed by atoms with Gasteiger partial charge in [0.05, 0.1) is 16.4 Å². The van der Waals surface area contributed by atoms with Crippen molar-refractivity contribution in [3.8, 4) is 6.07 Å². The molecule has 0 saturated heterocycles. The smallest absolute Gasteiger partial charge is 0.128 e. The van der Waals surface area contributed by atoms with Gasteiger partial charge in [0.2, 0.25) is 0 Å². The second kappa shape index (κ2) is 9.44. The summed E-state index contributed by atoms with van der Waals surface area (Å²) in [6, 6.07) is 6.98. The Kier molecular flexibility index (Phi) is 8.57. The molecule has 0 saturated carbocycles. The molecule has 0 fully saturated rings. The third kappa shape index (κ3) is 6.57. The van der Waals surface area contributed by atoms with Gasteiger partial charge in [-0.15, -0.1) is 16.5 Å². The maximum Gasteiger partial charge on any atom is 0.128 e. The topological polar surface area (TPSA) is 58.9 Å². The standard InChI is InChI=1S/C17H24BrFN2OS2/c1-5-6-9-24(22)21-17(4,12-23-16(2,3)11-20)14-10-13(18)7-8-15(14)19/h7-8,10,21H,5-6,9,12H2,1-4H3/t17-,24+/m0/s1. The second-order valence-electron chi connectivity index (χ2n) is 6.37. The van der Waals surface area contributed by atoms with E-state index in [0.29, 0.717) is 17.1 Å². The first-order chi connectivity index (χ1) is 11.1. The van der Waals surface area contributed by atoms with Gasteiger partial charge in [-0.2, -0.15) is 5.26 Å². The highest BCUT2D eigenvalue weighted by atomic mass is 79.9. The summed E-state index contributed by atoms with van der Waals surface area (Å²) < 4.78 is 30.1. The number of benzene rings is 1. The van der Waals surface area contributed by atoms with Crippen molar-refractivity contribution in [3.63, 3.8) is 0 Å². The van der Waals surface area contributed by atoms with Gasteiger partial charge in [-0.25, -0.2) is 4.39 Å². The van der Waals surface area contributed by atoms with E-state index in [9.17, 15) is 14.2 Å². The summed E-state index contributed by atoms with van der Waals surface area (Å²) in [5, 5.41) is 9.23. The van der Waals surface area contributed by atoms with E-state index in [4.69, 9.17) is 0 Å². The van der Waals surface area contributed by atoms with Gasteiger partial charge in [-0.05, 0) is 45.4 Å². The van der Waals surface area contributed by atoms with Crippen molar-refractivity contribution in [2.24, 2.45) is 0 Å². The molecular weight excluding hydrogens is 411 g/mol. The summed E-state index contributed by atoms with van der Waals surface area (Å²) in [6.07, 6.45) is 1.79. The van der Waals surface area contributed by atoms with Crippen LogP contribution >= 0.6 is 27.7 Å². The quantitative estimate of drug-likeness (QED) is 0.561. The lowest BCUT2D eigenvalue weighted by Crippen LogP contribution is -2.47. The molecule has 1 rings (SSSR count). The van der Waals surface area contributed by atoms with Crippen LogP contribution < -0.4 is 4.72 Å². The molecule has 2 atom stereocenters. The monoisotopic (exact) mass is 434 g/mol. The minimum Gasteiger partial charge on any atom is -0.598 e. The molecule has 24 heavy (non-hydrogen) atoms. The number of halogens is 2. The lowest BCUT2D eigenvalue weighted by Gasteiger charge is -2.33. The van der Waals surface area contributed by atoms with Crippen molar-refractivity contribution in [1.29, 1.82) is 5.26 Å². The Labute approximate surface area is 160 Å². The van der Waals surface area contributed by atoms with Crippen LogP contribution in [0.3, 0.4) is 0 Å². The normalized spacial score (nSPS) is 15.6. The van der Waals surface area contributed by atoms with E-state index >= 15 is 0 Å². The summed E-state index contributed by atoms with van der Waals surface area (Å²) in [5.74, 6) is 0.600. The summed E-state index contributed by atoms with van der Waals surface area (Å²) in [4.78, 5) is 0. The Hall–Kier alpha value is -0.260. The first-order valence-corrected chi connectivity index (χ1v) is 10.9. The number of thioether (sulfide) groups is 1. The summed E-state index contributed by atoms with van der Waals surface area (Å²) in [7, 11) is 0. The van der Waals surface area contributed by atoms with E-state index in [-0.39, 0.29) is 5.82 Å². The molecule has 1 aromatic carbocycles. The average molecular weight is 435 g/mol. The number of rotatable bonds is 9. The minimum atomic E-state index is -1.26. The fraction of sp³-hybridized carbons (Fsp3) is 0.588. The maximum atomic E-state index is 14.4. The van der Waals surface area contributed by atoms with Crippen molar-refractivity contribution >= 4 is 39.1 Å². The first kappa shape index (κ1) is 21.8. The van der Waals surface area contributed by atoms with Crippen LogP contribution in [-0.2, 0) is 16.9 Å². The summed E-state index contributed by atoms with van der Waals surface area (Å²) >= 11 is 3.53. The fourth-order valence-corrected chi connectivity index (χ4v) is 4.75. The van der Waals surface area contributed by atoms with E-state index in [1.165, 1.54) is 17.8 Å². The lowest BCUT2D eigenvalue weighted by atomic mass is 9.95. The number of nitriles is 1. The van der Waals surface area contributed by atoms with Crippen LogP contribution in [0, 0.1) is 17.1 Å². The van der Waals surface area contributed by atoms with Crippen LogP contribution in [0.1, 0.15) is 46.1 Å². The summed E-state index contributed by atoms with van der Waals surface area (Å²) in [6.45, 7) is 7.52. The van der Waals surface area contributed by atoms with Gasteiger partial charge in [-0.1, -0.05) is 29.3 Å². The molecule has 0 aliphatic heterocycles. The van der Waals surface area contributed by atoms with Crippen LogP contribution in [0.15, 0.2) is 22.7 Å². The van der Waals surface area contributed by atoms with Crippen LogP contribution in [0.4, 0.5) is 4.39 Å². The SMILES string of the molecule is CCCC[S@@+]([O-])N[C@@](C)(CSC(C)(C)C#N)c1cc(Br)ccc1F. The van der Waals surface area contributed by atoms with E-state index in [1.807, 2.05) is 27.7 Å². The molecule has 3 nitrogen and oxygen atoms in total. The number of hydrogen-bond donors (Lipinski definition) is 1. The Bertz CT molecular complexity index is 594. The van der Waals surface area contributed by atoms with Crippen molar-refractivity contribution in [2.45, 2.75) is 50.8 Å². The van der Waals surface area contributed by atoms with Crippen molar-refractivity contribution in [2.75, 3.05) is 11.5 Å². The molecule has 1 aromatic rings. The number of unbranched alkanes of at least 4 members (excludes halogenated alkanes) is 1. The predicted molar refractivity (Wildman–Crippen MR) is 105 cm³/mol. The van der Waals surface area contributed by atoms with Gasteiger partial charge >= 0.3 is 0 Å². The van der Waals surface area contributed by atoms with E-state index < -0.39 is 21.6 Å². The van der Waals surface area contributed by atoms with Crippen LogP contribution in [0.5, 0.6) is 0 Å². The maximum absolute atomic E-state index is 14.4. The first-order valence-electron chi connectivity index (χ1n) is 7.80. The van der Waals surface area contributed by atoms with Gasteiger partial charge < -0.3 is 4.55 Å². The third-order valence-corrected chi connectivity index (χ3v) is 6.90. The number of nitrogens with zero attached hydrogens (tertiary/aromatic N) is 1. The Morgan fingerprint density at radius 2 is 2.08 bits per heavy atom. The zero-order valence-corrected chi connectivity index (χ0v) is 17.7. The summed E-state index contributed by atoms with van der Waals surface area (Å²) in [5.41, 5.74) is -0.395. The second-order valence-corrected chi connectivity index (χ2v) is 10.2. The van der Waals surface area contributed by atoms with Crippen LogP contribution in [0.25, 0.3) is 0 Å². The van der Waals surface area contributed by atoms with Crippen LogP contribution in [0.2, 0.25) is 0 Å². The molecule has 0 spiro atoms. The highest BCUT2D eigenvalue weighted by Crippen LogP contribution is 2.35. The van der Waals surface area contributed by atoms with Gasteiger partial charge in [0.25, 0.3) is 0 Å². The van der Waals surface area contributed by atoms with Gasteiger partial charge in [0.15, 0.2) is 0 Å². The van der Waals surface area contributed by atoms with Crippen molar-refractivity contribution < 1.29 is 8.94 Å². The molecule has 0 unspecified atom stereocenters. The molecule has 0 aliphatic rings. The lowest BCUT2D eigenvalue weighted by molar-refractivity contribution is 0.451. The molecule has 0 amide bonds. The minimum absolute atomic E-state index is 0.351. The molecule has 0 aromatic heterocycles. The largest absolute Gasteiger partial charge is 0.598 e. The van der Waals surface area contributed by atoms with Crippen molar-refractivity contribution in [3.05, 3.63) is 34.1 Å². The molecule has 0 bridgehead atoms. The Morgan fingerprint density at radius 3 is 2.67 bits per heavy atom. The van der Waals surface area contributed by atoms with E-state index in [0.717, 1.165) is 17.3 Å². The Morgan fingerprint density at radius 1 is 1.42 bits per heavy atom. The zero-order chi connectivity index (χ0) is 18.4. The molecule has 134 valence electrons. The van der Waals surface area contributed by atoms with Gasteiger partial charge in [0.1, 0.15) is 11.6 Å². The van der Waals surface area contributed by atoms with E-state index in [1.54, 1.807) is 12.1 Å². The molecule has 0 radical (unpaired) electrons. The third-order valence-electron chi connectivity index (χ3n) is 3.54. The molecular formula is C17H24BrFN2OS2. The van der Waals surface area contributed by atoms with E-state index in [2.05, 4.69) is 26.7 Å². The fourth-order valence-electron chi connectivity index (χ4n) is 2.02. The predicted octanol–water partition coefficient (Wildman–Crippen LogP) is 4.89. The van der Waals surface area contributed by atoms with Crippen LogP contribution in [-0.4, -0.2) is 20.8 Å². The molecule has 0 heterocycles. The number of hydrogen-bond acceptors (Lipinski definition) is 4. The van der Waals surface area contributed by atoms with Gasteiger partial charge in [-0.3, -0.25) is 0 Å². The molecule has 7 heteroatoms. The highest BCUT2D eigenvalue weighted by Gasteiger charge is 2.36. The number of nitrogens with one attached hydrogen (secondary N) is 1. The highest BCUT2D eigenvalue weighted by molar-refractivity contribution is 9.10. The molecule has 1 N–H and O–H groups in total. The average Bonchev–Trinajstić information content (AvgIpc) is 2.53.